The number of amides is 1. The van der Waals surface area contributed by atoms with Crippen LogP contribution in [0.15, 0.2) is 42.5 Å². The van der Waals surface area contributed by atoms with Gasteiger partial charge in [0.2, 0.25) is 5.91 Å². The monoisotopic (exact) mass is 294 g/mol. The quantitative estimate of drug-likeness (QED) is 0.507. The first-order valence-corrected chi connectivity index (χ1v) is 7.19. The number of nitrogens with one attached hydrogen (secondary N) is 3. The van der Waals surface area contributed by atoms with Crippen molar-refractivity contribution in [3.63, 3.8) is 0 Å². The molecule has 0 fully saturated rings. The van der Waals surface area contributed by atoms with Crippen molar-refractivity contribution in [2.75, 3.05) is 10.6 Å². The molecular formula is C17H18N4O. The molecule has 5 N–H and O–H groups in total. The van der Waals surface area contributed by atoms with Crippen LogP contribution in [0.1, 0.15) is 18.9 Å². The van der Waals surface area contributed by atoms with Crippen molar-refractivity contribution in [1.82, 2.24) is 0 Å². The van der Waals surface area contributed by atoms with Gasteiger partial charge in [-0.25, -0.2) is 0 Å². The number of rotatable bonds is 2. The number of para-hydroxylation sites is 1. The molecule has 5 nitrogen and oxygen atoms in total. The number of carbonyl (C=O) groups excluding carboxylic acids is 1. The molecule has 1 atom stereocenters. The lowest BCUT2D eigenvalue weighted by molar-refractivity contribution is -0.116. The fourth-order valence-corrected chi connectivity index (χ4v) is 2.66. The highest BCUT2D eigenvalue weighted by Crippen LogP contribution is 2.36. The van der Waals surface area contributed by atoms with Crippen molar-refractivity contribution in [1.29, 1.82) is 5.41 Å². The molecular weight excluding hydrogens is 276 g/mol. The molecule has 0 radical (unpaired) electrons. The summed E-state index contributed by atoms with van der Waals surface area (Å²) in [5.41, 5.74) is 9.93. The third-order valence-electron chi connectivity index (χ3n) is 3.73. The second kappa shape index (κ2) is 5.52. The Balaban J connectivity index is 2.06. The number of anilines is 2. The van der Waals surface area contributed by atoms with Gasteiger partial charge in [-0.05, 0) is 18.6 Å². The SMILES string of the molecule is CC1CC(=O)Nc2cccc(-c3ccc(C(=N)N)cc3)c2N1. The van der Waals surface area contributed by atoms with Crippen molar-refractivity contribution in [2.45, 2.75) is 19.4 Å². The minimum atomic E-state index is 0.0165. The van der Waals surface area contributed by atoms with Crippen LogP contribution in [-0.2, 0) is 4.79 Å². The summed E-state index contributed by atoms with van der Waals surface area (Å²) in [6.07, 6.45) is 0.442. The van der Waals surface area contributed by atoms with Gasteiger partial charge >= 0.3 is 0 Å². The van der Waals surface area contributed by atoms with E-state index in [4.69, 9.17) is 11.1 Å². The van der Waals surface area contributed by atoms with Gasteiger partial charge in [0.1, 0.15) is 5.84 Å². The maximum absolute atomic E-state index is 11.8. The number of fused-ring (bicyclic) bond motifs is 1. The normalized spacial score (nSPS) is 17.0. The van der Waals surface area contributed by atoms with E-state index in [1.54, 1.807) is 0 Å². The average Bonchev–Trinajstić information content (AvgIpc) is 2.63. The summed E-state index contributed by atoms with van der Waals surface area (Å²) in [6.45, 7) is 1.99. The van der Waals surface area contributed by atoms with E-state index >= 15 is 0 Å². The Morgan fingerprint density at radius 3 is 2.64 bits per heavy atom. The first-order chi connectivity index (χ1) is 10.5. The van der Waals surface area contributed by atoms with Crippen molar-refractivity contribution in [3.05, 3.63) is 48.0 Å². The van der Waals surface area contributed by atoms with Gasteiger partial charge in [-0.1, -0.05) is 36.4 Å². The number of amidine groups is 1. The van der Waals surface area contributed by atoms with E-state index in [1.165, 1.54) is 0 Å². The molecule has 0 saturated carbocycles. The fraction of sp³-hybridized carbons (Fsp3) is 0.176. The lowest BCUT2D eigenvalue weighted by atomic mass is 10.0. The molecule has 1 aliphatic heterocycles. The number of hydrogen-bond donors (Lipinski definition) is 4. The van der Waals surface area contributed by atoms with Gasteiger partial charge in [-0.2, -0.15) is 0 Å². The zero-order chi connectivity index (χ0) is 15.7. The Hall–Kier alpha value is -2.82. The van der Waals surface area contributed by atoms with E-state index in [2.05, 4.69) is 10.6 Å². The van der Waals surface area contributed by atoms with Gasteiger partial charge in [-0.3, -0.25) is 10.2 Å². The predicted molar refractivity (Wildman–Crippen MR) is 89.2 cm³/mol. The minimum absolute atomic E-state index is 0.0165. The Morgan fingerprint density at radius 1 is 1.23 bits per heavy atom. The lowest BCUT2D eigenvalue weighted by Gasteiger charge is -2.16. The zero-order valence-electron chi connectivity index (χ0n) is 12.3. The van der Waals surface area contributed by atoms with E-state index < -0.39 is 0 Å². The molecule has 0 saturated heterocycles. The van der Waals surface area contributed by atoms with Gasteiger partial charge in [0.25, 0.3) is 0 Å². The second-order valence-electron chi connectivity index (χ2n) is 5.52. The third-order valence-corrected chi connectivity index (χ3v) is 3.73. The summed E-state index contributed by atoms with van der Waals surface area (Å²) in [5.74, 6) is 0.0697. The Bertz CT molecular complexity index is 737. The second-order valence-corrected chi connectivity index (χ2v) is 5.52. The van der Waals surface area contributed by atoms with Crippen LogP contribution in [0.4, 0.5) is 11.4 Å². The highest BCUT2D eigenvalue weighted by atomic mass is 16.1. The highest BCUT2D eigenvalue weighted by Gasteiger charge is 2.20. The summed E-state index contributed by atoms with van der Waals surface area (Å²) in [5, 5.41) is 13.8. The topological polar surface area (TPSA) is 91.0 Å². The smallest absolute Gasteiger partial charge is 0.226 e. The van der Waals surface area contributed by atoms with E-state index in [0.29, 0.717) is 12.0 Å². The summed E-state index contributed by atoms with van der Waals surface area (Å²) in [4.78, 5) is 11.8. The van der Waals surface area contributed by atoms with Crippen LogP contribution in [-0.4, -0.2) is 17.8 Å². The highest BCUT2D eigenvalue weighted by molar-refractivity contribution is 6.00. The Labute approximate surface area is 129 Å². The predicted octanol–water partition coefficient (Wildman–Crippen LogP) is 2.78. The van der Waals surface area contributed by atoms with Gasteiger partial charge in [-0.15, -0.1) is 0 Å². The molecule has 0 aromatic heterocycles. The molecule has 0 bridgehead atoms. The number of benzene rings is 2. The van der Waals surface area contributed by atoms with Gasteiger partial charge in [0.15, 0.2) is 0 Å². The maximum Gasteiger partial charge on any atom is 0.226 e. The van der Waals surface area contributed by atoms with Gasteiger partial charge in [0, 0.05) is 23.6 Å². The standard InChI is InChI=1S/C17H18N4O/c1-10-9-15(22)21-14-4-2-3-13(16(14)20-10)11-5-7-12(8-6-11)17(18)19/h2-8,10,20H,9H2,1H3,(H3,18,19)(H,21,22). The first kappa shape index (κ1) is 14.1. The van der Waals surface area contributed by atoms with Crippen LogP contribution in [0, 0.1) is 5.41 Å². The van der Waals surface area contributed by atoms with Crippen LogP contribution in [0.5, 0.6) is 0 Å². The minimum Gasteiger partial charge on any atom is -0.384 e. The van der Waals surface area contributed by atoms with Crippen molar-refractivity contribution in [3.8, 4) is 11.1 Å². The zero-order valence-corrected chi connectivity index (χ0v) is 12.3. The third kappa shape index (κ3) is 2.65. The van der Waals surface area contributed by atoms with Crippen LogP contribution in [0.25, 0.3) is 11.1 Å². The van der Waals surface area contributed by atoms with Crippen LogP contribution < -0.4 is 16.4 Å². The van der Waals surface area contributed by atoms with Crippen molar-refractivity contribution in [2.24, 2.45) is 5.73 Å². The molecule has 0 spiro atoms. The summed E-state index contributed by atoms with van der Waals surface area (Å²) in [6, 6.07) is 13.4. The molecule has 1 amide bonds. The molecule has 1 aliphatic rings. The van der Waals surface area contributed by atoms with Crippen LogP contribution >= 0.6 is 0 Å². The molecule has 1 unspecified atom stereocenters. The maximum atomic E-state index is 11.8. The van der Waals surface area contributed by atoms with Crippen LogP contribution in [0.2, 0.25) is 0 Å². The van der Waals surface area contributed by atoms with E-state index in [0.717, 1.165) is 22.5 Å². The molecule has 2 aromatic carbocycles. The molecule has 22 heavy (non-hydrogen) atoms. The molecule has 1 heterocycles. The van der Waals surface area contributed by atoms with E-state index in [1.807, 2.05) is 49.4 Å². The molecule has 112 valence electrons. The molecule has 2 aromatic rings. The summed E-state index contributed by atoms with van der Waals surface area (Å²) < 4.78 is 0. The number of carbonyl (C=O) groups is 1. The number of nitrogen functional groups attached to an aromatic ring is 1. The molecule has 5 heteroatoms. The largest absolute Gasteiger partial charge is 0.384 e. The van der Waals surface area contributed by atoms with Crippen molar-refractivity contribution >= 4 is 23.1 Å². The van der Waals surface area contributed by atoms with Gasteiger partial charge < -0.3 is 16.4 Å². The van der Waals surface area contributed by atoms with E-state index in [9.17, 15) is 4.79 Å². The number of hydrogen-bond acceptors (Lipinski definition) is 3. The van der Waals surface area contributed by atoms with E-state index in [-0.39, 0.29) is 17.8 Å². The average molecular weight is 294 g/mol. The van der Waals surface area contributed by atoms with Crippen molar-refractivity contribution < 1.29 is 4.79 Å². The molecule has 3 rings (SSSR count). The summed E-state index contributed by atoms with van der Waals surface area (Å²) >= 11 is 0. The Kier molecular flexibility index (Phi) is 3.55. The molecule has 0 aliphatic carbocycles. The van der Waals surface area contributed by atoms with Crippen LogP contribution in [0.3, 0.4) is 0 Å². The van der Waals surface area contributed by atoms with Gasteiger partial charge in [0.05, 0.1) is 11.4 Å². The fourth-order valence-electron chi connectivity index (χ4n) is 2.66. The number of nitrogens with two attached hydrogens (primary N) is 1. The summed E-state index contributed by atoms with van der Waals surface area (Å²) in [7, 11) is 0. The first-order valence-electron chi connectivity index (χ1n) is 7.19. The lowest BCUT2D eigenvalue weighted by Crippen LogP contribution is -2.19. The Morgan fingerprint density at radius 2 is 1.95 bits per heavy atom.